The molecule has 0 aromatic rings. The molecule has 1 N–H and O–H groups in total. The molecule has 2 fully saturated rings. The van der Waals surface area contributed by atoms with Crippen LogP contribution in [-0.2, 0) is 4.74 Å². The summed E-state index contributed by atoms with van der Waals surface area (Å²) in [5, 5.41) is 3.56. The maximum atomic E-state index is 6.14. The summed E-state index contributed by atoms with van der Waals surface area (Å²) >= 11 is 0. The van der Waals surface area contributed by atoms with Gasteiger partial charge >= 0.3 is 0 Å². The lowest BCUT2D eigenvalue weighted by molar-refractivity contribution is -0.119. The Bertz CT molecular complexity index is 276. The molecule has 2 aliphatic heterocycles. The predicted octanol–water partition coefficient (Wildman–Crippen LogP) is 2.65. The van der Waals surface area contributed by atoms with Crippen molar-refractivity contribution in [2.45, 2.75) is 71.1 Å². The standard InChI is InChI=1S/C16H32N2O/c1-5-16(6-2)11-14(7-10-19-16)18-9-8-17-12-15(18)13(3)4/h13-15,17H,5-12H2,1-4H3. The molecule has 112 valence electrons. The third-order valence-corrected chi connectivity index (χ3v) is 5.32. The zero-order valence-corrected chi connectivity index (χ0v) is 13.2. The molecule has 0 aliphatic carbocycles. The summed E-state index contributed by atoms with van der Waals surface area (Å²) in [6.45, 7) is 13.7. The van der Waals surface area contributed by atoms with Crippen LogP contribution in [0.4, 0.5) is 0 Å². The van der Waals surface area contributed by atoms with E-state index in [-0.39, 0.29) is 5.60 Å². The van der Waals surface area contributed by atoms with Crippen molar-refractivity contribution in [1.29, 1.82) is 0 Å². The lowest BCUT2D eigenvalue weighted by atomic mass is 9.84. The molecule has 0 saturated carbocycles. The highest BCUT2D eigenvalue weighted by atomic mass is 16.5. The van der Waals surface area contributed by atoms with Crippen molar-refractivity contribution in [1.82, 2.24) is 10.2 Å². The van der Waals surface area contributed by atoms with Crippen molar-refractivity contribution < 1.29 is 4.74 Å². The summed E-state index contributed by atoms with van der Waals surface area (Å²) in [5.41, 5.74) is 0.148. The second-order valence-electron chi connectivity index (χ2n) is 6.64. The SMILES string of the molecule is CCC1(CC)CC(N2CCNCC2C(C)C)CCO1. The highest BCUT2D eigenvalue weighted by Gasteiger charge is 2.39. The van der Waals surface area contributed by atoms with Crippen LogP contribution < -0.4 is 5.32 Å². The normalized spacial score (nSPS) is 32.7. The number of hydrogen-bond acceptors (Lipinski definition) is 3. The lowest BCUT2D eigenvalue weighted by Crippen LogP contribution is -2.60. The topological polar surface area (TPSA) is 24.5 Å². The molecular weight excluding hydrogens is 236 g/mol. The van der Waals surface area contributed by atoms with Gasteiger partial charge in [-0.3, -0.25) is 4.90 Å². The van der Waals surface area contributed by atoms with Gasteiger partial charge in [0.15, 0.2) is 0 Å². The molecule has 3 nitrogen and oxygen atoms in total. The Morgan fingerprint density at radius 1 is 1.32 bits per heavy atom. The average Bonchev–Trinajstić information content (AvgIpc) is 2.47. The summed E-state index contributed by atoms with van der Waals surface area (Å²) in [6.07, 6.45) is 4.74. The fraction of sp³-hybridized carbons (Fsp3) is 1.00. The Labute approximate surface area is 119 Å². The minimum atomic E-state index is 0.148. The van der Waals surface area contributed by atoms with Crippen molar-refractivity contribution in [2.75, 3.05) is 26.2 Å². The van der Waals surface area contributed by atoms with Crippen LogP contribution in [0.5, 0.6) is 0 Å². The first kappa shape index (κ1) is 15.3. The third-order valence-electron chi connectivity index (χ3n) is 5.32. The van der Waals surface area contributed by atoms with E-state index in [9.17, 15) is 0 Å². The molecule has 3 heteroatoms. The summed E-state index contributed by atoms with van der Waals surface area (Å²) in [4.78, 5) is 2.78. The molecule has 0 spiro atoms. The molecule has 19 heavy (non-hydrogen) atoms. The van der Waals surface area contributed by atoms with Gasteiger partial charge in [0.2, 0.25) is 0 Å². The molecule has 2 unspecified atom stereocenters. The predicted molar refractivity (Wildman–Crippen MR) is 80.5 cm³/mol. The molecular formula is C16H32N2O. The van der Waals surface area contributed by atoms with Gasteiger partial charge in [-0.05, 0) is 31.6 Å². The van der Waals surface area contributed by atoms with Crippen molar-refractivity contribution in [3.05, 3.63) is 0 Å². The van der Waals surface area contributed by atoms with Gasteiger partial charge in [-0.1, -0.05) is 27.7 Å². The van der Waals surface area contributed by atoms with E-state index in [0.29, 0.717) is 6.04 Å². The largest absolute Gasteiger partial charge is 0.375 e. The molecule has 0 radical (unpaired) electrons. The van der Waals surface area contributed by atoms with Crippen LogP contribution in [-0.4, -0.2) is 48.8 Å². The van der Waals surface area contributed by atoms with E-state index < -0.39 is 0 Å². The van der Waals surface area contributed by atoms with Gasteiger partial charge in [0.05, 0.1) is 5.60 Å². The lowest BCUT2D eigenvalue weighted by Gasteiger charge is -2.49. The minimum Gasteiger partial charge on any atom is -0.375 e. The van der Waals surface area contributed by atoms with E-state index in [1.165, 1.54) is 19.4 Å². The van der Waals surface area contributed by atoms with Gasteiger partial charge in [0.25, 0.3) is 0 Å². The van der Waals surface area contributed by atoms with E-state index >= 15 is 0 Å². The highest BCUT2D eigenvalue weighted by molar-refractivity contribution is 4.94. The number of nitrogens with one attached hydrogen (secondary N) is 1. The maximum absolute atomic E-state index is 6.14. The van der Waals surface area contributed by atoms with Crippen LogP contribution in [0.1, 0.15) is 53.4 Å². The highest BCUT2D eigenvalue weighted by Crippen LogP contribution is 2.35. The molecule has 2 heterocycles. The third kappa shape index (κ3) is 3.32. The minimum absolute atomic E-state index is 0.148. The Morgan fingerprint density at radius 2 is 2.05 bits per heavy atom. The number of rotatable bonds is 4. The van der Waals surface area contributed by atoms with E-state index in [1.54, 1.807) is 0 Å². The quantitative estimate of drug-likeness (QED) is 0.848. The van der Waals surface area contributed by atoms with Crippen molar-refractivity contribution >= 4 is 0 Å². The van der Waals surface area contributed by atoms with Crippen molar-refractivity contribution in [3.8, 4) is 0 Å². The summed E-state index contributed by atoms with van der Waals surface area (Å²) in [5.74, 6) is 0.730. The smallest absolute Gasteiger partial charge is 0.0692 e. The van der Waals surface area contributed by atoms with Crippen molar-refractivity contribution in [3.63, 3.8) is 0 Å². The summed E-state index contributed by atoms with van der Waals surface area (Å²) in [7, 11) is 0. The van der Waals surface area contributed by atoms with E-state index in [2.05, 4.69) is 37.9 Å². The van der Waals surface area contributed by atoms with E-state index in [1.807, 2.05) is 0 Å². The van der Waals surface area contributed by atoms with Crippen LogP contribution in [0.2, 0.25) is 0 Å². The molecule has 0 aromatic heterocycles. The van der Waals surface area contributed by atoms with Crippen LogP contribution in [0.25, 0.3) is 0 Å². The van der Waals surface area contributed by atoms with Crippen molar-refractivity contribution in [2.24, 2.45) is 5.92 Å². The Kier molecular flexibility index (Phi) is 5.27. The zero-order valence-electron chi connectivity index (χ0n) is 13.2. The van der Waals surface area contributed by atoms with Crippen LogP contribution in [0.15, 0.2) is 0 Å². The zero-order chi connectivity index (χ0) is 13.9. The first-order chi connectivity index (χ1) is 9.12. The van der Waals surface area contributed by atoms with Gasteiger partial charge in [0, 0.05) is 38.3 Å². The van der Waals surface area contributed by atoms with Crippen LogP contribution in [0, 0.1) is 5.92 Å². The molecule has 2 rings (SSSR count). The summed E-state index contributed by atoms with van der Waals surface area (Å²) in [6, 6.07) is 1.42. The molecule has 0 bridgehead atoms. The van der Waals surface area contributed by atoms with Crippen LogP contribution in [0.3, 0.4) is 0 Å². The number of nitrogens with zero attached hydrogens (tertiary/aromatic N) is 1. The monoisotopic (exact) mass is 268 g/mol. The fourth-order valence-corrected chi connectivity index (χ4v) is 3.84. The average molecular weight is 268 g/mol. The Hall–Kier alpha value is -0.120. The first-order valence-corrected chi connectivity index (χ1v) is 8.22. The number of ether oxygens (including phenoxy) is 1. The molecule has 2 atom stereocenters. The van der Waals surface area contributed by atoms with Gasteiger partial charge < -0.3 is 10.1 Å². The molecule has 0 amide bonds. The maximum Gasteiger partial charge on any atom is 0.0692 e. The number of hydrogen-bond donors (Lipinski definition) is 1. The first-order valence-electron chi connectivity index (χ1n) is 8.22. The van der Waals surface area contributed by atoms with E-state index in [0.717, 1.165) is 44.5 Å². The second kappa shape index (κ2) is 6.55. The molecule has 2 aliphatic rings. The van der Waals surface area contributed by atoms with Gasteiger partial charge in [-0.15, -0.1) is 0 Å². The Morgan fingerprint density at radius 3 is 2.68 bits per heavy atom. The van der Waals surface area contributed by atoms with Gasteiger partial charge in [-0.2, -0.15) is 0 Å². The Balaban J connectivity index is 2.06. The van der Waals surface area contributed by atoms with Gasteiger partial charge in [0.1, 0.15) is 0 Å². The molecule has 2 saturated heterocycles. The second-order valence-corrected chi connectivity index (χ2v) is 6.64. The fourth-order valence-electron chi connectivity index (χ4n) is 3.84. The number of piperazine rings is 1. The molecule has 0 aromatic carbocycles. The van der Waals surface area contributed by atoms with Crippen LogP contribution >= 0.6 is 0 Å². The van der Waals surface area contributed by atoms with Gasteiger partial charge in [-0.25, -0.2) is 0 Å². The van der Waals surface area contributed by atoms with E-state index in [4.69, 9.17) is 4.74 Å². The summed E-state index contributed by atoms with van der Waals surface area (Å²) < 4.78 is 6.14.